The summed E-state index contributed by atoms with van der Waals surface area (Å²) in [6.07, 6.45) is 3.02. The molecule has 0 bridgehead atoms. The highest BCUT2D eigenvalue weighted by Crippen LogP contribution is 2.21. The van der Waals surface area contributed by atoms with E-state index in [1.807, 2.05) is 12.3 Å². The minimum atomic E-state index is 0. The van der Waals surface area contributed by atoms with Gasteiger partial charge < -0.3 is 14.8 Å². The van der Waals surface area contributed by atoms with Crippen LogP contribution in [0.4, 0.5) is 0 Å². The van der Waals surface area contributed by atoms with Crippen LogP contribution in [-0.2, 0) is 13.1 Å². The number of hydrogen-bond donors (Lipinski definition) is 1. The standard InChI is InChI=1S/C22H30N4OS.HI/c1-3-20-17-26(13-14-28-20)22(23-4-2)24-15-18-8-10-19(11-9-18)16-25-12-6-5-7-21(25)27;/h5-12,20H,3-4,13-17H2,1-2H3,(H,23,24);1H. The monoisotopic (exact) mass is 526 g/mol. The smallest absolute Gasteiger partial charge is 0.250 e. The van der Waals surface area contributed by atoms with E-state index in [1.54, 1.807) is 16.7 Å². The van der Waals surface area contributed by atoms with E-state index in [0.717, 1.165) is 36.9 Å². The zero-order valence-electron chi connectivity index (χ0n) is 17.2. The van der Waals surface area contributed by atoms with E-state index >= 15 is 0 Å². The van der Waals surface area contributed by atoms with Crippen molar-refractivity contribution >= 4 is 41.7 Å². The van der Waals surface area contributed by atoms with Crippen LogP contribution >= 0.6 is 35.7 Å². The summed E-state index contributed by atoms with van der Waals surface area (Å²) < 4.78 is 1.72. The Morgan fingerprint density at radius 3 is 2.62 bits per heavy atom. The Morgan fingerprint density at radius 1 is 1.17 bits per heavy atom. The molecule has 2 aromatic rings. The SMILES string of the molecule is CCNC(=NCc1ccc(Cn2ccccc2=O)cc1)N1CCSC(CC)C1.I. The number of nitrogens with zero attached hydrogens (tertiary/aromatic N) is 3. The second-order valence-electron chi connectivity index (χ2n) is 7.00. The number of benzene rings is 1. The first-order valence-corrected chi connectivity index (χ1v) is 11.1. The number of nitrogens with one attached hydrogen (secondary N) is 1. The predicted molar refractivity (Wildman–Crippen MR) is 135 cm³/mol. The molecule has 1 fully saturated rings. The fraction of sp³-hybridized carbons (Fsp3) is 0.455. The van der Waals surface area contributed by atoms with Gasteiger partial charge in [-0.2, -0.15) is 11.8 Å². The second-order valence-corrected chi connectivity index (χ2v) is 8.41. The number of guanidine groups is 1. The number of hydrogen-bond acceptors (Lipinski definition) is 3. The zero-order valence-corrected chi connectivity index (χ0v) is 20.4. The minimum absolute atomic E-state index is 0. The highest BCUT2D eigenvalue weighted by atomic mass is 127. The first-order valence-electron chi connectivity index (χ1n) is 10.1. The normalized spacial score (nSPS) is 17.0. The fourth-order valence-corrected chi connectivity index (χ4v) is 4.47. The molecule has 1 saturated heterocycles. The Balaban J connectivity index is 0.00000300. The third-order valence-corrected chi connectivity index (χ3v) is 6.29. The molecule has 0 aliphatic carbocycles. The van der Waals surface area contributed by atoms with Crippen molar-refractivity contribution in [3.05, 3.63) is 70.1 Å². The molecule has 3 rings (SSSR count). The number of pyridine rings is 1. The molecular formula is C22H31IN4OS. The maximum absolute atomic E-state index is 11.9. The quantitative estimate of drug-likeness (QED) is 0.354. The van der Waals surface area contributed by atoms with Crippen molar-refractivity contribution in [1.29, 1.82) is 0 Å². The molecule has 1 aliphatic rings. The molecule has 2 heterocycles. The van der Waals surface area contributed by atoms with E-state index in [2.05, 4.69) is 60.1 Å². The molecule has 0 radical (unpaired) electrons. The van der Waals surface area contributed by atoms with Crippen molar-refractivity contribution in [2.24, 2.45) is 4.99 Å². The third kappa shape index (κ3) is 7.06. The molecule has 0 amide bonds. The van der Waals surface area contributed by atoms with E-state index < -0.39 is 0 Å². The van der Waals surface area contributed by atoms with Gasteiger partial charge in [0.1, 0.15) is 0 Å². The summed E-state index contributed by atoms with van der Waals surface area (Å²) in [5.74, 6) is 2.18. The van der Waals surface area contributed by atoms with Crippen LogP contribution in [0.2, 0.25) is 0 Å². The van der Waals surface area contributed by atoms with Crippen LogP contribution in [-0.4, -0.2) is 46.1 Å². The largest absolute Gasteiger partial charge is 0.357 e. The Bertz CT molecular complexity index is 837. The molecule has 5 nitrogen and oxygen atoms in total. The molecule has 1 atom stereocenters. The summed E-state index contributed by atoms with van der Waals surface area (Å²) in [6.45, 7) is 8.63. The highest BCUT2D eigenvalue weighted by molar-refractivity contribution is 14.0. The Kier molecular flexibility index (Phi) is 10.1. The van der Waals surface area contributed by atoms with Gasteiger partial charge in [0, 0.05) is 42.9 Å². The van der Waals surface area contributed by atoms with Crippen LogP contribution in [0.5, 0.6) is 0 Å². The zero-order chi connectivity index (χ0) is 19.8. The summed E-state index contributed by atoms with van der Waals surface area (Å²) >= 11 is 2.07. The van der Waals surface area contributed by atoms with Crippen LogP contribution in [0.15, 0.2) is 58.4 Å². The van der Waals surface area contributed by atoms with Crippen LogP contribution in [0.1, 0.15) is 31.4 Å². The molecule has 1 aromatic carbocycles. The lowest BCUT2D eigenvalue weighted by Gasteiger charge is -2.34. The average molecular weight is 526 g/mol. The molecule has 0 spiro atoms. The second kappa shape index (κ2) is 12.3. The molecule has 0 saturated carbocycles. The van der Waals surface area contributed by atoms with Crippen molar-refractivity contribution in [1.82, 2.24) is 14.8 Å². The Hall–Kier alpha value is -1.48. The lowest BCUT2D eigenvalue weighted by atomic mass is 10.1. The number of thioether (sulfide) groups is 1. The van der Waals surface area contributed by atoms with Gasteiger partial charge in [-0.15, -0.1) is 24.0 Å². The molecule has 7 heteroatoms. The van der Waals surface area contributed by atoms with Gasteiger partial charge in [-0.25, -0.2) is 4.99 Å². The molecule has 29 heavy (non-hydrogen) atoms. The first kappa shape index (κ1) is 23.8. The lowest BCUT2D eigenvalue weighted by molar-refractivity contribution is 0.408. The maximum Gasteiger partial charge on any atom is 0.250 e. The highest BCUT2D eigenvalue weighted by Gasteiger charge is 2.21. The maximum atomic E-state index is 11.9. The third-order valence-electron chi connectivity index (χ3n) is 4.91. The fourth-order valence-electron chi connectivity index (χ4n) is 3.29. The molecule has 1 unspecified atom stereocenters. The van der Waals surface area contributed by atoms with E-state index in [4.69, 9.17) is 4.99 Å². The predicted octanol–water partition coefficient (Wildman–Crippen LogP) is 3.81. The summed E-state index contributed by atoms with van der Waals surface area (Å²) in [7, 11) is 0. The van der Waals surface area contributed by atoms with E-state index in [9.17, 15) is 4.79 Å². The number of halogens is 1. The van der Waals surface area contributed by atoms with Crippen LogP contribution in [0, 0.1) is 0 Å². The van der Waals surface area contributed by atoms with Gasteiger partial charge in [-0.1, -0.05) is 37.3 Å². The average Bonchev–Trinajstić information content (AvgIpc) is 2.74. The number of rotatable bonds is 6. The van der Waals surface area contributed by atoms with E-state index in [0.29, 0.717) is 18.3 Å². The van der Waals surface area contributed by atoms with E-state index in [-0.39, 0.29) is 29.5 Å². The van der Waals surface area contributed by atoms with Gasteiger partial charge >= 0.3 is 0 Å². The van der Waals surface area contributed by atoms with Gasteiger partial charge in [0.05, 0.1) is 13.1 Å². The van der Waals surface area contributed by atoms with E-state index in [1.165, 1.54) is 12.0 Å². The van der Waals surface area contributed by atoms with Gasteiger partial charge in [0.25, 0.3) is 5.56 Å². The summed E-state index contributed by atoms with van der Waals surface area (Å²) in [5, 5.41) is 4.14. The topological polar surface area (TPSA) is 49.6 Å². The van der Waals surface area contributed by atoms with Crippen LogP contribution < -0.4 is 10.9 Å². The van der Waals surface area contributed by atoms with Gasteiger partial charge in [0.2, 0.25) is 0 Å². The molecular weight excluding hydrogens is 495 g/mol. The van der Waals surface area contributed by atoms with Crippen molar-refractivity contribution < 1.29 is 0 Å². The Labute approximate surface area is 195 Å². The van der Waals surface area contributed by atoms with Crippen molar-refractivity contribution in [2.75, 3.05) is 25.4 Å². The number of aliphatic imine (C=N–C) groups is 1. The van der Waals surface area contributed by atoms with Crippen molar-refractivity contribution in [3.8, 4) is 0 Å². The summed E-state index contributed by atoms with van der Waals surface area (Å²) in [5.41, 5.74) is 2.32. The molecule has 158 valence electrons. The van der Waals surface area contributed by atoms with Crippen LogP contribution in [0.25, 0.3) is 0 Å². The van der Waals surface area contributed by atoms with Gasteiger partial charge in [-0.3, -0.25) is 4.79 Å². The number of aromatic nitrogens is 1. The Morgan fingerprint density at radius 2 is 1.93 bits per heavy atom. The minimum Gasteiger partial charge on any atom is -0.357 e. The van der Waals surface area contributed by atoms with Crippen LogP contribution in [0.3, 0.4) is 0 Å². The van der Waals surface area contributed by atoms with Gasteiger partial charge in [-0.05, 0) is 30.5 Å². The molecule has 1 aromatic heterocycles. The molecule has 1 aliphatic heterocycles. The first-order chi connectivity index (χ1) is 13.7. The lowest BCUT2D eigenvalue weighted by Crippen LogP contribution is -2.48. The van der Waals surface area contributed by atoms with Crippen molar-refractivity contribution in [3.63, 3.8) is 0 Å². The van der Waals surface area contributed by atoms with Gasteiger partial charge in [0.15, 0.2) is 5.96 Å². The summed E-state index contributed by atoms with van der Waals surface area (Å²) in [6, 6.07) is 13.6. The summed E-state index contributed by atoms with van der Waals surface area (Å²) in [4.78, 5) is 19.1. The molecule has 1 N–H and O–H groups in total. The van der Waals surface area contributed by atoms with Crippen molar-refractivity contribution in [2.45, 2.75) is 38.6 Å².